The Morgan fingerprint density at radius 1 is 1.44 bits per heavy atom. The molecule has 0 heterocycles. The van der Waals surface area contributed by atoms with Crippen LogP contribution in [-0.2, 0) is 6.42 Å². The number of nitro groups is 1. The lowest BCUT2D eigenvalue weighted by molar-refractivity contribution is -0.385. The first-order valence-electron chi connectivity index (χ1n) is 5.45. The highest BCUT2D eigenvalue weighted by Crippen LogP contribution is 2.29. The van der Waals surface area contributed by atoms with E-state index in [4.69, 9.17) is 5.73 Å². The van der Waals surface area contributed by atoms with Crippen LogP contribution in [-0.4, -0.2) is 11.5 Å². The Labute approximate surface area is 95.6 Å². The van der Waals surface area contributed by atoms with Gasteiger partial charge in [0.05, 0.1) is 4.92 Å². The molecule has 1 atom stereocenters. The van der Waals surface area contributed by atoms with E-state index >= 15 is 0 Å². The van der Waals surface area contributed by atoms with Crippen LogP contribution in [0.5, 0.6) is 0 Å². The van der Waals surface area contributed by atoms with Crippen molar-refractivity contribution in [1.82, 2.24) is 0 Å². The second-order valence-corrected chi connectivity index (χ2v) is 4.43. The van der Waals surface area contributed by atoms with Crippen LogP contribution in [0.1, 0.15) is 25.8 Å². The molecule has 0 aliphatic rings. The van der Waals surface area contributed by atoms with Crippen LogP contribution in [0.25, 0.3) is 0 Å². The van der Waals surface area contributed by atoms with E-state index in [0.29, 0.717) is 13.0 Å². The van der Waals surface area contributed by atoms with Gasteiger partial charge >= 0.3 is 0 Å². The summed E-state index contributed by atoms with van der Waals surface area (Å²) in [6, 6.07) is 6.87. The Balaban J connectivity index is 3.01. The van der Waals surface area contributed by atoms with E-state index in [1.165, 1.54) is 0 Å². The van der Waals surface area contributed by atoms with Gasteiger partial charge in [-0.15, -0.1) is 0 Å². The summed E-state index contributed by atoms with van der Waals surface area (Å²) in [5.41, 5.74) is 6.61. The fraction of sp³-hybridized carbons (Fsp3) is 0.500. The predicted octanol–water partition coefficient (Wildman–Crippen LogP) is 2.51. The number of hydrogen-bond acceptors (Lipinski definition) is 3. The van der Waals surface area contributed by atoms with Gasteiger partial charge in [-0.05, 0) is 24.8 Å². The van der Waals surface area contributed by atoms with Gasteiger partial charge in [0.15, 0.2) is 0 Å². The molecule has 0 bridgehead atoms. The first kappa shape index (κ1) is 12.6. The number of benzene rings is 1. The van der Waals surface area contributed by atoms with E-state index in [9.17, 15) is 10.1 Å². The third-order valence-corrected chi connectivity index (χ3v) is 3.15. The van der Waals surface area contributed by atoms with Gasteiger partial charge in [-0.25, -0.2) is 0 Å². The molecule has 1 aromatic carbocycles. The summed E-state index contributed by atoms with van der Waals surface area (Å²) in [7, 11) is 0. The molecule has 0 fully saturated rings. The van der Waals surface area contributed by atoms with Crippen LogP contribution in [0.15, 0.2) is 24.3 Å². The van der Waals surface area contributed by atoms with Crippen molar-refractivity contribution >= 4 is 5.69 Å². The quantitative estimate of drug-likeness (QED) is 0.614. The van der Waals surface area contributed by atoms with Crippen molar-refractivity contribution in [2.45, 2.75) is 26.7 Å². The van der Waals surface area contributed by atoms with Crippen molar-refractivity contribution in [3.05, 3.63) is 39.9 Å². The molecule has 88 valence electrons. The maximum absolute atomic E-state index is 10.9. The highest BCUT2D eigenvalue weighted by Gasteiger charge is 2.24. The van der Waals surface area contributed by atoms with Crippen LogP contribution in [0.4, 0.5) is 5.69 Å². The minimum Gasteiger partial charge on any atom is -0.330 e. The Hall–Kier alpha value is -1.42. The van der Waals surface area contributed by atoms with Crippen LogP contribution < -0.4 is 5.73 Å². The molecular weight excluding hydrogens is 204 g/mol. The lowest BCUT2D eigenvalue weighted by Gasteiger charge is -2.26. The molecule has 0 amide bonds. The van der Waals surface area contributed by atoms with Crippen molar-refractivity contribution in [2.75, 3.05) is 6.54 Å². The zero-order chi connectivity index (χ0) is 12.2. The fourth-order valence-electron chi connectivity index (χ4n) is 1.64. The van der Waals surface area contributed by atoms with E-state index in [1.807, 2.05) is 12.1 Å². The van der Waals surface area contributed by atoms with Gasteiger partial charge in [-0.2, -0.15) is 0 Å². The molecule has 0 saturated heterocycles. The monoisotopic (exact) mass is 222 g/mol. The molecule has 0 saturated carbocycles. The second kappa shape index (κ2) is 5.07. The highest BCUT2D eigenvalue weighted by atomic mass is 16.6. The third-order valence-electron chi connectivity index (χ3n) is 3.15. The molecule has 16 heavy (non-hydrogen) atoms. The van der Waals surface area contributed by atoms with Crippen LogP contribution in [0, 0.1) is 15.5 Å². The van der Waals surface area contributed by atoms with E-state index in [2.05, 4.69) is 13.8 Å². The Kier molecular flexibility index (Phi) is 4.01. The van der Waals surface area contributed by atoms with Crippen molar-refractivity contribution < 1.29 is 4.92 Å². The summed E-state index contributed by atoms with van der Waals surface area (Å²) in [6.07, 6.45) is 1.56. The zero-order valence-electron chi connectivity index (χ0n) is 9.77. The summed E-state index contributed by atoms with van der Waals surface area (Å²) in [4.78, 5) is 10.5. The average Bonchev–Trinajstić information content (AvgIpc) is 2.29. The summed E-state index contributed by atoms with van der Waals surface area (Å²) < 4.78 is 0. The van der Waals surface area contributed by atoms with Crippen LogP contribution in [0.3, 0.4) is 0 Å². The van der Waals surface area contributed by atoms with E-state index in [1.54, 1.807) is 12.1 Å². The van der Waals surface area contributed by atoms with Crippen LogP contribution >= 0.6 is 0 Å². The summed E-state index contributed by atoms with van der Waals surface area (Å²) in [5.74, 6) is 0. The largest absolute Gasteiger partial charge is 0.330 e. The zero-order valence-corrected chi connectivity index (χ0v) is 9.77. The van der Waals surface area contributed by atoms with Gasteiger partial charge in [-0.1, -0.05) is 32.0 Å². The van der Waals surface area contributed by atoms with Gasteiger partial charge in [0.1, 0.15) is 0 Å². The topological polar surface area (TPSA) is 69.2 Å². The molecule has 1 unspecified atom stereocenters. The van der Waals surface area contributed by atoms with Crippen molar-refractivity contribution in [1.29, 1.82) is 0 Å². The number of nitro benzene ring substituents is 1. The molecule has 0 aromatic heterocycles. The molecule has 1 aromatic rings. The molecule has 1 rings (SSSR count). The molecule has 4 heteroatoms. The van der Waals surface area contributed by atoms with Gasteiger partial charge in [0, 0.05) is 11.6 Å². The highest BCUT2D eigenvalue weighted by molar-refractivity contribution is 5.40. The first-order valence-corrected chi connectivity index (χ1v) is 5.45. The Bertz CT molecular complexity index is 373. The number of hydrogen-bond donors (Lipinski definition) is 1. The lowest BCUT2D eigenvalue weighted by Crippen LogP contribution is -2.29. The smallest absolute Gasteiger partial charge is 0.272 e. The molecule has 4 nitrogen and oxygen atoms in total. The molecule has 0 aliphatic carbocycles. The van der Waals surface area contributed by atoms with E-state index < -0.39 is 0 Å². The minimum absolute atomic E-state index is 0.0634. The summed E-state index contributed by atoms with van der Waals surface area (Å²) in [5, 5.41) is 10.9. The average molecular weight is 222 g/mol. The number of nitrogens with two attached hydrogens (primary N) is 1. The summed E-state index contributed by atoms with van der Waals surface area (Å²) in [6.45, 7) is 4.65. The molecule has 0 aliphatic heterocycles. The fourth-order valence-corrected chi connectivity index (χ4v) is 1.64. The predicted molar refractivity (Wildman–Crippen MR) is 64.3 cm³/mol. The Morgan fingerprint density at radius 3 is 2.56 bits per heavy atom. The van der Waals surface area contributed by atoms with E-state index in [0.717, 1.165) is 12.0 Å². The lowest BCUT2D eigenvalue weighted by atomic mass is 9.81. The Morgan fingerprint density at radius 2 is 2.06 bits per heavy atom. The third kappa shape index (κ3) is 2.79. The van der Waals surface area contributed by atoms with Gasteiger partial charge < -0.3 is 5.73 Å². The first-order chi connectivity index (χ1) is 7.52. The van der Waals surface area contributed by atoms with Crippen LogP contribution in [0.2, 0.25) is 0 Å². The minimum atomic E-state index is -0.331. The van der Waals surface area contributed by atoms with Crippen molar-refractivity contribution in [2.24, 2.45) is 11.1 Å². The van der Waals surface area contributed by atoms with Gasteiger partial charge in [-0.3, -0.25) is 10.1 Å². The normalized spacial score (nSPS) is 14.4. The van der Waals surface area contributed by atoms with Gasteiger partial charge in [0.25, 0.3) is 5.69 Å². The standard InChI is InChI=1S/C12H18N2O2/c1-3-12(2,9-13)8-10-6-4-5-7-11(10)14(15)16/h4-7H,3,8-9,13H2,1-2H3. The van der Waals surface area contributed by atoms with Crippen molar-refractivity contribution in [3.8, 4) is 0 Å². The van der Waals surface area contributed by atoms with E-state index in [-0.39, 0.29) is 16.0 Å². The maximum atomic E-state index is 10.9. The number of nitrogens with zero attached hydrogens (tertiary/aromatic N) is 1. The van der Waals surface area contributed by atoms with Gasteiger partial charge in [0.2, 0.25) is 0 Å². The molecular formula is C12H18N2O2. The molecule has 0 spiro atoms. The maximum Gasteiger partial charge on any atom is 0.272 e. The number of para-hydroxylation sites is 1. The molecule has 2 N–H and O–H groups in total. The second-order valence-electron chi connectivity index (χ2n) is 4.43. The molecule has 0 radical (unpaired) electrons. The number of rotatable bonds is 5. The summed E-state index contributed by atoms with van der Waals surface area (Å²) >= 11 is 0. The van der Waals surface area contributed by atoms with Crippen molar-refractivity contribution in [3.63, 3.8) is 0 Å². The SMILES string of the molecule is CCC(C)(CN)Cc1ccccc1[N+](=O)[O-].